The van der Waals surface area contributed by atoms with Gasteiger partial charge in [-0.2, -0.15) is 0 Å². The number of halogens is 1. The molecule has 2 aliphatic rings. The van der Waals surface area contributed by atoms with E-state index >= 15 is 0 Å². The molecule has 29 heavy (non-hydrogen) atoms. The minimum absolute atomic E-state index is 0.128. The van der Waals surface area contributed by atoms with Gasteiger partial charge in [0.15, 0.2) is 9.84 Å². The average molecular weight is 419 g/mol. The summed E-state index contributed by atoms with van der Waals surface area (Å²) in [4.78, 5) is 0.437. The maximum Gasteiger partial charge on any atom is 0.185 e. The van der Waals surface area contributed by atoms with Crippen molar-refractivity contribution in [3.63, 3.8) is 0 Å². The van der Waals surface area contributed by atoms with Crippen molar-refractivity contribution in [3.8, 4) is 11.1 Å². The van der Waals surface area contributed by atoms with Crippen molar-refractivity contribution in [1.29, 1.82) is 0 Å². The normalized spacial score (nSPS) is 21.6. The van der Waals surface area contributed by atoms with Gasteiger partial charge in [-0.05, 0) is 53.1 Å². The van der Waals surface area contributed by atoms with Crippen LogP contribution < -0.4 is 0 Å². The average Bonchev–Trinajstić information content (AvgIpc) is 3.20. The van der Waals surface area contributed by atoms with Crippen molar-refractivity contribution in [2.24, 2.45) is 0 Å². The largest absolute Gasteiger partial charge is 0.456 e. The summed E-state index contributed by atoms with van der Waals surface area (Å²) in [6.07, 6.45) is 7.49. The van der Waals surface area contributed by atoms with Gasteiger partial charge in [0.25, 0.3) is 0 Å². The predicted octanol–water partition coefficient (Wildman–Crippen LogP) is 6.27. The molecule has 1 aliphatic heterocycles. The Morgan fingerprint density at radius 1 is 0.793 bits per heavy atom. The maximum absolute atomic E-state index is 12.9. The van der Waals surface area contributed by atoms with Crippen LogP contribution in [0, 0.1) is 0 Å². The summed E-state index contributed by atoms with van der Waals surface area (Å²) >= 11 is 6.09. The molecule has 1 aliphatic carbocycles. The van der Waals surface area contributed by atoms with E-state index in [2.05, 4.69) is 0 Å². The molecule has 0 saturated carbocycles. The quantitative estimate of drug-likeness (QED) is 0.366. The lowest BCUT2D eigenvalue weighted by atomic mass is 9.90. The molecule has 0 amide bonds. The molecule has 2 heterocycles. The van der Waals surface area contributed by atoms with Gasteiger partial charge in [-0.1, -0.05) is 48.0 Å². The molecule has 2 unspecified atom stereocenters. The first kappa shape index (κ1) is 17.1. The third kappa shape index (κ3) is 2.39. The molecule has 4 aromatic rings. The topological polar surface area (TPSA) is 47.3 Å². The van der Waals surface area contributed by atoms with Gasteiger partial charge in [0.1, 0.15) is 11.2 Å². The molecule has 1 aromatic heterocycles. The smallest absolute Gasteiger partial charge is 0.185 e. The van der Waals surface area contributed by atoms with Crippen LogP contribution in [0.3, 0.4) is 0 Å². The number of hydrogen-bond acceptors (Lipinski definition) is 3. The Hall–Kier alpha value is -2.82. The van der Waals surface area contributed by atoms with E-state index in [0.717, 1.165) is 38.6 Å². The Labute approximate surface area is 172 Å². The molecule has 6 rings (SSSR count). The Morgan fingerprint density at radius 3 is 2.34 bits per heavy atom. The third-order valence-electron chi connectivity index (χ3n) is 5.89. The molecular formula is C24H15ClO3S. The van der Waals surface area contributed by atoms with Crippen LogP contribution in [0.4, 0.5) is 0 Å². The van der Waals surface area contributed by atoms with Crippen molar-refractivity contribution < 1.29 is 12.8 Å². The maximum atomic E-state index is 12.9. The van der Waals surface area contributed by atoms with Gasteiger partial charge in [0.05, 0.1) is 10.1 Å². The molecule has 0 bridgehead atoms. The van der Waals surface area contributed by atoms with Crippen LogP contribution in [0.15, 0.2) is 88.2 Å². The molecule has 0 radical (unpaired) electrons. The predicted molar refractivity (Wildman–Crippen MR) is 116 cm³/mol. The summed E-state index contributed by atoms with van der Waals surface area (Å²) in [7, 11) is -3.33. The zero-order valence-electron chi connectivity index (χ0n) is 15.2. The van der Waals surface area contributed by atoms with Crippen LogP contribution in [0.2, 0.25) is 5.02 Å². The minimum Gasteiger partial charge on any atom is -0.456 e. The van der Waals surface area contributed by atoms with Gasteiger partial charge in [0.2, 0.25) is 0 Å². The van der Waals surface area contributed by atoms with E-state index in [4.69, 9.17) is 16.0 Å². The van der Waals surface area contributed by atoms with Crippen LogP contribution in [0.1, 0.15) is 11.5 Å². The van der Waals surface area contributed by atoms with E-state index in [1.807, 2.05) is 66.8 Å². The minimum atomic E-state index is -3.33. The lowest BCUT2D eigenvalue weighted by Crippen LogP contribution is -2.18. The zero-order chi connectivity index (χ0) is 19.8. The second-order valence-electron chi connectivity index (χ2n) is 7.51. The van der Waals surface area contributed by atoms with Gasteiger partial charge in [-0.25, -0.2) is 8.42 Å². The summed E-state index contributed by atoms with van der Waals surface area (Å²) in [5.41, 5.74) is 4.37. The Morgan fingerprint density at radius 2 is 1.48 bits per heavy atom. The van der Waals surface area contributed by atoms with Gasteiger partial charge in [0, 0.05) is 27.8 Å². The number of hydrogen-bond donors (Lipinski definition) is 0. The Bertz CT molecular complexity index is 1490. The van der Waals surface area contributed by atoms with Gasteiger partial charge in [-0.15, -0.1) is 0 Å². The first-order valence-electron chi connectivity index (χ1n) is 9.37. The number of furan rings is 1. The number of allylic oxidation sites excluding steroid dienone is 3. The molecule has 2 atom stereocenters. The lowest BCUT2D eigenvalue weighted by Gasteiger charge is -2.14. The second kappa shape index (κ2) is 5.85. The monoisotopic (exact) mass is 418 g/mol. The van der Waals surface area contributed by atoms with E-state index in [9.17, 15) is 8.42 Å². The summed E-state index contributed by atoms with van der Waals surface area (Å²) in [6, 6.07) is 17.4. The molecule has 142 valence electrons. The van der Waals surface area contributed by atoms with E-state index in [-0.39, 0.29) is 5.92 Å². The highest BCUT2D eigenvalue weighted by Gasteiger charge is 2.43. The fourth-order valence-electron chi connectivity index (χ4n) is 4.49. The molecule has 3 aromatic carbocycles. The molecule has 0 N–H and O–H groups in total. The summed E-state index contributed by atoms with van der Waals surface area (Å²) < 4.78 is 31.7. The highest BCUT2D eigenvalue weighted by atomic mass is 35.5. The summed E-state index contributed by atoms with van der Waals surface area (Å²) in [5, 5.41) is 2.20. The fourth-order valence-corrected chi connectivity index (χ4v) is 6.65. The SMILES string of the molecule is O=S1(=O)c2ccc(-c3ccc4c(c3)oc3cc(Cl)ccc34)cc2C2C=CC=CC21. The number of sulfone groups is 1. The summed E-state index contributed by atoms with van der Waals surface area (Å²) in [5.74, 6) is -0.128. The summed E-state index contributed by atoms with van der Waals surface area (Å²) in [6.45, 7) is 0. The Kier molecular flexibility index (Phi) is 3.44. The number of benzene rings is 3. The van der Waals surface area contributed by atoms with E-state index < -0.39 is 15.1 Å². The standard InChI is InChI=1S/C24H15ClO3S/c25-16-7-9-18-17-8-5-15(12-21(17)28-22(18)13-16)14-6-10-24-20(11-14)19-3-1-2-4-23(19)29(24,26)27/h1-13,19,23H. The molecule has 3 nitrogen and oxygen atoms in total. The van der Waals surface area contributed by atoms with Crippen LogP contribution in [-0.2, 0) is 9.84 Å². The highest BCUT2D eigenvalue weighted by Crippen LogP contribution is 2.45. The van der Waals surface area contributed by atoms with E-state index in [1.54, 1.807) is 12.1 Å². The van der Waals surface area contributed by atoms with Crippen LogP contribution in [0.25, 0.3) is 33.1 Å². The lowest BCUT2D eigenvalue weighted by molar-refractivity contribution is 0.592. The van der Waals surface area contributed by atoms with E-state index in [0.29, 0.717) is 9.92 Å². The molecule has 5 heteroatoms. The van der Waals surface area contributed by atoms with Gasteiger partial charge < -0.3 is 4.42 Å². The van der Waals surface area contributed by atoms with Gasteiger partial charge in [-0.3, -0.25) is 0 Å². The first-order chi connectivity index (χ1) is 14.0. The van der Waals surface area contributed by atoms with Crippen molar-refractivity contribution in [2.45, 2.75) is 16.1 Å². The highest BCUT2D eigenvalue weighted by molar-refractivity contribution is 7.92. The second-order valence-corrected chi connectivity index (χ2v) is 10.0. The fraction of sp³-hybridized carbons (Fsp3) is 0.0833. The van der Waals surface area contributed by atoms with Crippen molar-refractivity contribution in [1.82, 2.24) is 0 Å². The zero-order valence-corrected chi connectivity index (χ0v) is 16.7. The van der Waals surface area contributed by atoms with Crippen LogP contribution in [-0.4, -0.2) is 13.7 Å². The molecular weight excluding hydrogens is 404 g/mol. The van der Waals surface area contributed by atoms with E-state index in [1.165, 1.54) is 0 Å². The first-order valence-corrected chi connectivity index (χ1v) is 11.3. The third-order valence-corrected chi connectivity index (χ3v) is 8.27. The molecule has 0 saturated heterocycles. The van der Waals surface area contributed by atoms with Crippen LogP contribution in [0.5, 0.6) is 0 Å². The van der Waals surface area contributed by atoms with Crippen LogP contribution >= 0.6 is 11.6 Å². The molecule has 0 fully saturated rings. The number of rotatable bonds is 1. The van der Waals surface area contributed by atoms with Crippen molar-refractivity contribution in [2.75, 3.05) is 0 Å². The van der Waals surface area contributed by atoms with Gasteiger partial charge >= 0.3 is 0 Å². The van der Waals surface area contributed by atoms with Crippen molar-refractivity contribution >= 4 is 43.4 Å². The van der Waals surface area contributed by atoms with Crippen molar-refractivity contribution in [3.05, 3.63) is 89.5 Å². The molecule has 0 spiro atoms. The number of fused-ring (bicyclic) bond motifs is 6. The Balaban J connectivity index is 1.51.